The van der Waals surface area contributed by atoms with Gasteiger partial charge in [0, 0.05) is 13.2 Å². The minimum atomic E-state index is -0.171. The maximum Gasteiger partial charge on any atom is 0.258 e. The molecule has 1 N–H and O–H groups in total. The van der Waals surface area contributed by atoms with Gasteiger partial charge in [-0.15, -0.1) is 23.5 Å². The molecule has 0 radical (unpaired) electrons. The van der Waals surface area contributed by atoms with E-state index in [-0.39, 0.29) is 18.6 Å². The van der Waals surface area contributed by atoms with Crippen molar-refractivity contribution in [1.29, 1.82) is 0 Å². The van der Waals surface area contributed by atoms with Crippen LogP contribution in [0.25, 0.3) is 0 Å². The van der Waals surface area contributed by atoms with Gasteiger partial charge >= 0.3 is 0 Å². The molecule has 0 spiro atoms. The van der Waals surface area contributed by atoms with Crippen molar-refractivity contribution in [3.8, 4) is 17.2 Å². The zero-order chi connectivity index (χ0) is 22.9. The van der Waals surface area contributed by atoms with Crippen molar-refractivity contribution in [2.24, 2.45) is 0 Å². The minimum absolute atomic E-state index is 0.0218. The van der Waals surface area contributed by atoms with E-state index in [2.05, 4.69) is 17.4 Å². The molecule has 178 valence electrons. The predicted molar refractivity (Wildman–Crippen MR) is 134 cm³/mol. The van der Waals surface area contributed by atoms with Crippen LogP contribution in [-0.4, -0.2) is 50.4 Å². The first-order valence-corrected chi connectivity index (χ1v) is 13.4. The summed E-state index contributed by atoms with van der Waals surface area (Å²) in [4.78, 5) is 12.3. The SMILES string of the molecule is COc1cc(CNC(=O)COc2ccc(C3SCCCS3)cc2)ccc1OCC1CCCO1. The zero-order valence-electron chi connectivity index (χ0n) is 18.9. The molecular formula is C25H31NO5S2. The number of thioether (sulfide) groups is 2. The highest BCUT2D eigenvalue weighted by atomic mass is 32.2. The molecule has 2 heterocycles. The second kappa shape index (κ2) is 12.4. The molecule has 33 heavy (non-hydrogen) atoms. The molecule has 2 aromatic rings. The van der Waals surface area contributed by atoms with Crippen LogP contribution < -0.4 is 19.5 Å². The predicted octanol–water partition coefficient (Wildman–Crippen LogP) is 4.82. The first-order chi connectivity index (χ1) is 16.2. The van der Waals surface area contributed by atoms with Crippen molar-refractivity contribution in [2.45, 2.75) is 36.5 Å². The van der Waals surface area contributed by atoms with Crippen molar-refractivity contribution in [3.05, 3.63) is 53.6 Å². The Kier molecular flexibility index (Phi) is 9.09. The fourth-order valence-electron chi connectivity index (χ4n) is 3.70. The Bertz CT molecular complexity index is 896. The smallest absolute Gasteiger partial charge is 0.258 e. The maximum absolute atomic E-state index is 12.3. The van der Waals surface area contributed by atoms with Gasteiger partial charge in [0.2, 0.25) is 0 Å². The molecule has 0 bridgehead atoms. The van der Waals surface area contributed by atoms with Crippen LogP contribution in [0.2, 0.25) is 0 Å². The average Bonchev–Trinajstić information content (AvgIpc) is 3.40. The van der Waals surface area contributed by atoms with E-state index in [0.717, 1.165) is 25.0 Å². The lowest BCUT2D eigenvalue weighted by Crippen LogP contribution is -2.28. The van der Waals surface area contributed by atoms with Gasteiger partial charge in [-0.1, -0.05) is 18.2 Å². The third-order valence-corrected chi connectivity index (χ3v) is 8.53. The van der Waals surface area contributed by atoms with Gasteiger partial charge in [-0.25, -0.2) is 0 Å². The number of hydrogen-bond donors (Lipinski definition) is 1. The highest BCUT2D eigenvalue weighted by molar-refractivity contribution is 8.16. The Morgan fingerprint density at radius 2 is 1.88 bits per heavy atom. The summed E-state index contributed by atoms with van der Waals surface area (Å²) >= 11 is 3.98. The summed E-state index contributed by atoms with van der Waals surface area (Å²) < 4.78 is 23.1. The van der Waals surface area contributed by atoms with Gasteiger partial charge in [-0.2, -0.15) is 0 Å². The van der Waals surface area contributed by atoms with Crippen LogP contribution in [0.15, 0.2) is 42.5 Å². The molecular weight excluding hydrogens is 458 g/mol. The number of rotatable bonds is 10. The molecule has 2 aliphatic rings. The summed E-state index contributed by atoms with van der Waals surface area (Å²) in [7, 11) is 1.61. The van der Waals surface area contributed by atoms with Gasteiger partial charge in [0.25, 0.3) is 5.91 Å². The van der Waals surface area contributed by atoms with Crippen LogP contribution in [0, 0.1) is 0 Å². The monoisotopic (exact) mass is 489 g/mol. The van der Waals surface area contributed by atoms with Crippen molar-refractivity contribution in [3.63, 3.8) is 0 Å². The molecule has 0 aliphatic carbocycles. The lowest BCUT2D eigenvalue weighted by molar-refractivity contribution is -0.123. The van der Waals surface area contributed by atoms with Gasteiger partial charge in [-0.05, 0) is 66.2 Å². The molecule has 2 aliphatic heterocycles. The third kappa shape index (κ3) is 7.22. The van der Waals surface area contributed by atoms with E-state index < -0.39 is 0 Å². The Labute approximate surface area is 204 Å². The standard InChI is InChI=1S/C25H31NO5S2/c1-28-23-14-18(5-10-22(23)31-16-21-4-2-11-29-21)15-26-24(27)17-30-20-8-6-19(7-9-20)25-32-12-3-13-33-25/h5-10,14,21,25H,2-4,11-13,15-17H2,1H3,(H,26,27). The van der Waals surface area contributed by atoms with E-state index in [1.807, 2.05) is 53.9 Å². The molecule has 6 nitrogen and oxygen atoms in total. The zero-order valence-corrected chi connectivity index (χ0v) is 20.6. The van der Waals surface area contributed by atoms with E-state index in [9.17, 15) is 4.79 Å². The molecule has 8 heteroatoms. The number of benzene rings is 2. The normalized spacial score (nSPS) is 18.6. The Morgan fingerprint density at radius 3 is 2.61 bits per heavy atom. The Morgan fingerprint density at radius 1 is 1.06 bits per heavy atom. The van der Waals surface area contributed by atoms with E-state index in [4.69, 9.17) is 18.9 Å². The van der Waals surface area contributed by atoms with Crippen LogP contribution in [-0.2, 0) is 16.1 Å². The van der Waals surface area contributed by atoms with Gasteiger partial charge in [0.15, 0.2) is 18.1 Å². The average molecular weight is 490 g/mol. The lowest BCUT2D eigenvalue weighted by atomic mass is 10.2. The van der Waals surface area contributed by atoms with Gasteiger partial charge in [-0.3, -0.25) is 4.79 Å². The topological polar surface area (TPSA) is 66.0 Å². The van der Waals surface area contributed by atoms with E-state index in [1.165, 1.54) is 23.5 Å². The van der Waals surface area contributed by atoms with Crippen LogP contribution in [0.3, 0.4) is 0 Å². The lowest BCUT2D eigenvalue weighted by Gasteiger charge is -2.21. The summed E-state index contributed by atoms with van der Waals surface area (Å²) in [6.07, 6.45) is 3.53. The number of carbonyl (C=O) groups excluding carboxylic acids is 1. The first kappa shape index (κ1) is 24.1. The molecule has 1 atom stereocenters. The third-order valence-electron chi connectivity index (χ3n) is 5.52. The highest BCUT2D eigenvalue weighted by Crippen LogP contribution is 2.43. The van der Waals surface area contributed by atoms with Crippen LogP contribution >= 0.6 is 23.5 Å². The summed E-state index contributed by atoms with van der Waals surface area (Å²) in [6.45, 7) is 1.69. The molecule has 2 fully saturated rings. The Hall–Kier alpha value is -2.03. The van der Waals surface area contributed by atoms with Crippen LogP contribution in [0.5, 0.6) is 17.2 Å². The van der Waals surface area contributed by atoms with Crippen molar-refractivity contribution >= 4 is 29.4 Å². The number of nitrogens with one attached hydrogen (secondary N) is 1. The second-order valence-electron chi connectivity index (χ2n) is 7.99. The molecule has 1 unspecified atom stereocenters. The van der Waals surface area contributed by atoms with Crippen molar-refractivity contribution in [1.82, 2.24) is 5.32 Å². The van der Waals surface area contributed by atoms with Gasteiger partial charge in [0.1, 0.15) is 12.4 Å². The van der Waals surface area contributed by atoms with E-state index in [1.54, 1.807) is 7.11 Å². The minimum Gasteiger partial charge on any atom is -0.493 e. The molecule has 1 amide bonds. The Balaban J connectivity index is 1.21. The molecule has 2 saturated heterocycles. The second-order valence-corrected chi connectivity index (χ2v) is 10.7. The number of methoxy groups -OCH3 is 1. The summed E-state index contributed by atoms with van der Waals surface area (Å²) in [5, 5.41) is 2.89. The van der Waals surface area contributed by atoms with Crippen molar-refractivity contribution in [2.75, 3.05) is 38.4 Å². The number of carbonyl (C=O) groups is 1. The van der Waals surface area contributed by atoms with E-state index in [0.29, 0.717) is 35.0 Å². The van der Waals surface area contributed by atoms with Crippen LogP contribution in [0.1, 0.15) is 35.0 Å². The van der Waals surface area contributed by atoms with Crippen molar-refractivity contribution < 1.29 is 23.7 Å². The molecule has 0 saturated carbocycles. The summed E-state index contributed by atoms with van der Waals surface area (Å²) in [5.41, 5.74) is 2.23. The quantitative estimate of drug-likeness (QED) is 0.513. The first-order valence-electron chi connectivity index (χ1n) is 11.4. The number of hydrogen-bond acceptors (Lipinski definition) is 7. The number of ether oxygens (including phenoxy) is 4. The van der Waals surface area contributed by atoms with Gasteiger partial charge in [0.05, 0.1) is 17.8 Å². The fourth-order valence-corrected chi connectivity index (χ4v) is 6.60. The molecule has 4 rings (SSSR count). The van der Waals surface area contributed by atoms with Gasteiger partial charge < -0.3 is 24.3 Å². The maximum atomic E-state index is 12.3. The summed E-state index contributed by atoms with van der Waals surface area (Å²) in [6, 6.07) is 13.8. The molecule has 0 aromatic heterocycles. The fraction of sp³-hybridized carbons (Fsp3) is 0.480. The largest absolute Gasteiger partial charge is 0.493 e. The summed E-state index contributed by atoms with van der Waals surface area (Å²) in [5.74, 6) is 4.29. The van der Waals surface area contributed by atoms with Crippen LogP contribution in [0.4, 0.5) is 0 Å². The number of amides is 1. The molecule has 2 aromatic carbocycles. The van der Waals surface area contributed by atoms with E-state index >= 15 is 0 Å². The highest BCUT2D eigenvalue weighted by Gasteiger charge is 2.18.